The summed E-state index contributed by atoms with van der Waals surface area (Å²) in [6, 6.07) is 12.3. The normalized spacial score (nSPS) is 14.4. The number of aromatic nitrogens is 1. The van der Waals surface area contributed by atoms with Crippen molar-refractivity contribution in [3.8, 4) is 16.9 Å². The van der Waals surface area contributed by atoms with Gasteiger partial charge in [0.2, 0.25) is 0 Å². The fourth-order valence-corrected chi connectivity index (χ4v) is 3.18. The van der Waals surface area contributed by atoms with Crippen molar-refractivity contribution in [2.75, 3.05) is 12.9 Å². The Morgan fingerprint density at radius 1 is 1.21 bits per heavy atom. The molecule has 1 aromatic carbocycles. The molecule has 0 radical (unpaired) electrons. The lowest BCUT2D eigenvalue weighted by Crippen LogP contribution is -1.89. The molecule has 1 aliphatic carbocycles. The van der Waals surface area contributed by atoms with Crippen LogP contribution in [0.25, 0.3) is 11.1 Å². The van der Waals surface area contributed by atoms with Crippen molar-refractivity contribution in [1.82, 2.24) is 4.98 Å². The molecule has 19 heavy (non-hydrogen) atoms. The zero-order valence-corrected chi connectivity index (χ0v) is 11.8. The first kappa shape index (κ1) is 12.5. The lowest BCUT2D eigenvalue weighted by atomic mass is 10.1. The maximum atomic E-state index is 5.20. The molecule has 0 saturated heterocycles. The summed E-state index contributed by atoms with van der Waals surface area (Å²) >= 11 is 1.88. The van der Waals surface area contributed by atoms with Crippen LogP contribution >= 0.6 is 11.8 Å². The molecule has 1 aliphatic rings. The standard InChI is InChI=1S/C16H17NOS/c1-18-14-8-6-13(7-9-14)15-3-2-10-17-16(15)19-11-12-4-5-12/h2-3,6-10,12H,4-5,11H2,1H3. The van der Waals surface area contributed by atoms with E-state index in [1.807, 2.05) is 36.2 Å². The van der Waals surface area contributed by atoms with Crippen molar-refractivity contribution in [3.63, 3.8) is 0 Å². The largest absolute Gasteiger partial charge is 0.497 e. The Bertz CT molecular complexity index is 549. The molecular weight excluding hydrogens is 254 g/mol. The second-order valence-corrected chi connectivity index (χ2v) is 5.85. The third-order valence-electron chi connectivity index (χ3n) is 3.32. The molecule has 1 aromatic heterocycles. The molecule has 3 rings (SSSR count). The van der Waals surface area contributed by atoms with Crippen molar-refractivity contribution in [1.29, 1.82) is 0 Å². The fourth-order valence-electron chi connectivity index (χ4n) is 1.98. The Labute approximate surface area is 118 Å². The van der Waals surface area contributed by atoms with Gasteiger partial charge in [-0.15, -0.1) is 11.8 Å². The van der Waals surface area contributed by atoms with Crippen molar-refractivity contribution in [2.24, 2.45) is 5.92 Å². The molecule has 0 amide bonds. The molecule has 0 bridgehead atoms. The lowest BCUT2D eigenvalue weighted by Gasteiger charge is -2.08. The van der Waals surface area contributed by atoms with Gasteiger partial charge < -0.3 is 4.74 Å². The highest BCUT2D eigenvalue weighted by molar-refractivity contribution is 7.99. The van der Waals surface area contributed by atoms with Gasteiger partial charge in [-0.05, 0) is 42.5 Å². The molecule has 0 N–H and O–H groups in total. The van der Waals surface area contributed by atoms with E-state index >= 15 is 0 Å². The van der Waals surface area contributed by atoms with Crippen molar-refractivity contribution >= 4 is 11.8 Å². The van der Waals surface area contributed by atoms with Gasteiger partial charge in [-0.1, -0.05) is 18.2 Å². The topological polar surface area (TPSA) is 22.1 Å². The van der Waals surface area contributed by atoms with Crippen LogP contribution in [0.4, 0.5) is 0 Å². The highest BCUT2D eigenvalue weighted by atomic mass is 32.2. The van der Waals surface area contributed by atoms with Crippen LogP contribution in [0.1, 0.15) is 12.8 Å². The first-order valence-corrected chi connectivity index (χ1v) is 7.57. The molecular formula is C16H17NOS. The highest BCUT2D eigenvalue weighted by Gasteiger charge is 2.22. The Kier molecular flexibility index (Phi) is 3.74. The molecule has 1 heterocycles. The van der Waals surface area contributed by atoms with Crippen LogP contribution in [-0.4, -0.2) is 17.8 Å². The van der Waals surface area contributed by atoms with Gasteiger partial charge in [-0.3, -0.25) is 0 Å². The summed E-state index contributed by atoms with van der Waals surface area (Å²) in [7, 11) is 1.69. The zero-order chi connectivity index (χ0) is 13.1. The Balaban J connectivity index is 1.84. The molecule has 1 fully saturated rings. The third-order valence-corrected chi connectivity index (χ3v) is 4.56. The molecule has 2 nitrogen and oxygen atoms in total. The number of pyridine rings is 1. The first-order valence-electron chi connectivity index (χ1n) is 6.59. The number of thioether (sulfide) groups is 1. The maximum Gasteiger partial charge on any atom is 0.118 e. The van der Waals surface area contributed by atoms with Gasteiger partial charge in [-0.25, -0.2) is 4.98 Å². The van der Waals surface area contributed by atoms with Crippen LogP contribution in [0.15, 0.2) is 47.6 Å². The summed E-state index contributed by atoms with van der Waals surface area (Å²) in [5.74, 6) is 3.00. The zero-order valence-electron chi connectivity index (χ0n) is 11.0. The minimum Gasteiger partial charge on any atom is -0.497 e. The van der Waals surface area contributed by atoms with Crippen LogP contribution in [-0.2, 0) is 0 Å². The minimum atomic E-state index is 0.889. The Hall–Kier alpha value is -1.48. The SMILES string of the molecule is COc1ccc(-c2cccnc2SCC2CC2)cc1. The van der Waals surface area contributed by atoms with Gasteiger partial charge in [0.1, 0.15) is 10.8 Å². The molecule has 0 aliphatic heterocycles. The number of benzene rings is 1. The van der Waals surface area contributed by atoms with E-state index in [-0.39, 0.29) is 0 Å². The Morgan fingerprint density at radius 3 is 2.68 bits per heavy atom. The highest BCUT2D eigenvalue weighted by Crippen LogP contribution is 2.37. The maximum absolute atomic E-state index is 5.20. The van der Waals surface area contributed by atoms with Crippen LogP contribution in [0.5, 0.6) is 5.75 Å². The van der Waals surface area contributed by atoms with Gasteiger partial charge in [0.05, 0.1) is 7.11 Å². The van der Waals surface area contributed by atoms with Crippen LogP contribution in [0.3, 0.4) is 0 Å². The third kappa shape index (κ3) is 3.10. The summed E-state index contributed by atoms with van der Waals surface area (Å²) in [6.45, 7) is 0. The average Bonchev–Trinajstić information content (AvgIpc) is 3.30. The van der Waals surface area contributed by atoms with Crippen LogP contribution in [0, 0.1) is 5.92 Å². The van der Waals surface area contributed by atoms with Gasteiger partial charge in [0.25, 0.3) is 0 Å². The molecule has 2 aromatic rings. The van der Waals surface area contributed by atoms with E-state index in [9.17, 15) is 0 Å². The van der Waals surface area contributed by atoms with Gasteiger partial charge in [-0.2, -0.15) is 0 Å². The van der Waals surface area contributed by atoms with Gasteiger partial charge in [0.15, 0.2) is 0 Å². The van der Waals surface area contributed by atoms with Gasteiger partial charge in [0, 0.05) is 17.5 Å². The van der Waals surface area contributed by atoms with E-state index in [1.165, 1.54) is 29.7 Å². The second kappa shape index (κ2) is 5.66. The lowest BCUT2D eigenvalue weighted by molar-refractivity contribution is 0.415. The first-order chi connectivity index (χ1) is 9.36. The Morgan fingerprint density at radius 2 is 2.00 bits per heavy atom. The van der Waals surface area contributed by atoms with E-state index in [4.69, 9.17) is 4.74 Å². The molecule has 3 heteroatoms. The molecule has 0 atom stereocenters. The van der Waals surface area contributed by atoms with Crippen LogP contribution in [0.2, 0.25) is 0 Å². The van der Waals surface area contributed by atoms with Crippen LogP contribution < -0.4 is 4.74 Å². The second-order valence-electron chi connectivity index (χ2n) is 4.84. The molecule has 0 spiro atoms. The van der Waals surface area contributed by atoms with Crippen molar-refractivity contribution in [3.05, 3.63) is 42.6 Å². The number of methoxy groups -OCH3 is 1. The number of hydrogen-bond donors (Lipinski definition) is 0. The number of rotatable bonds is 5. The monoisotopic (exact) mass is 271 g/mol. The minimum absolute atomic E-state index is 0.889. The van der Waals surface area contributed by atoms with Crippen molar-refractivity contribution in [2.45, 2.75) is 17.9 Å². The average molecular weight is 271 g/mol. The summed E-state index contributed by atoms with van der Waals surface area (Å²) in [5, 5.41) is 1.14. The van der Waals surface area contributed by atoms with E-state index in [1.54, 1.807) is 7.11 Å². The predicted octanol–water partition coefficient (Wildman–Crippen LogP) is 4.26. The number of ether oxygens (including phenoxy) is 1. The van der Waals surface area contributed by atoms with E-state index in [0.29, 0.717) is 0 Å². The molecule has 1 saturated carbocycles. The predicted molar refractivity (Wildman–Crippen MR) is 79.7 cm³/mol. The summed E-state index contributed by atoms with van der Waals surface area (Å²) in [5.41, 5.74) is 2.42. The molecule has 98 valence electrons. The summed E-state index contributed by atoms with van der Waals surface area (Å²) in [4.78, 5) is 4.53. The van der Waals surface area contributed by atoms with Crippen molar-refractivity contribution < 1.29 is 4.74 Å². The quantitative estimate of drug-likeness (QED) is 0.759. The molecule has 0 unspecified atom stereocenters. The van der Waals surface area contributed by atoms with E-state index < -0.39 is 0 Å². The smallest absolute Gasteiger partial charge is 0.118 e. The summed E-state index contributed by atoms with van der Waals surface area (Å²) in [6.07, 6.45) is 4.65. The summed E-state index contributed by atoms with van der Waals surface area (Å²) < 4.78 is 5.20. The van der Waals surface area contributed by atoms with E-state index in [2.05, 4.69) is 23.2 Å². The number of nitrogens with zero attached hydrogens (tertiary/aromatic N) is 1. The number of hydrogen-bond acceptors (Lipinski definition) is 3. The van der Waals surface area contributed by atoms with E-state index in [0.717, 1.165) is 16.7 Å². The fraction of sp³-hybridized carbons (Fsp3) is 0.312. The van der Waals surface area contributed by atoms with Gasteiger partial charge >= 0.3 is 0 Å².